The maximum absolute atomic E-state index is 13.9. The Kier molecular flexibility index (Phi) is 32.5. The Balaban J connectivity index is 0.729. The number of benzene rings is 1. The number of thioether (sulfide) groups is 1. The summed E-state index contributed by atoms with van der Waals surface area (Å²) in [5.41, 5.74) is 1.13. The smallest absolute Gasteiger partial charge is 0.315 e. The van der Waals surface area contributed by atoms with E-state index >= 15 is 0 Å². The van der Waals surface area contributed by atoms with Crippen molar-refractivity contribution in [3.63, 3.8) is 0 Å². The molecule has 608 valence electrons. The quantitative estimate of drug-likeness (QED) is 0.0187. The van der Waals surface area contributed by atoms with E-state index in [1.165, 1.54) is 32.0 Å². The molecule has 6 aliphatic rings. The number of aliphatic hydroxyl groups is 10. The van der Waals surface area contributed by atoms with Crippen LogP contribution in [0.3, 0.4) is 0 Å². The molecular formula is C67H103N15O26S. The number of ether oxygens (including phenoxy) is 8. The van der Waals surface area contributed by atoms with Crippen LogP contribution in [-0.2, 0) is 88.0 Å². The Bertz CT molecular complexity index is 3500. The molecule has 3 aromatic rings. The number of aryl methyl sites for hydroxylation is 2. The van der Waals surface area contributed by atoms with Gasteiger partial charge in [0.1, 0.15) is 109 Å². The molecule has 8 unspecified atom stereocenters. The lowest BCUT2D eigenvalue weighted by molar-refractivity contribution is -0.332. The largest absolute Gasteiger partial charge is 0.394 e. The average molecular weight is 1570 g/mol. The molecule has 1 aromatic carbocycles. The Morgan fingerprint density at radius 3 is 1.39 bits per heavy atom. The lowest BCUT2D eigenvalue weighted by Crippen LogP contribution is -2.69. The van der Waals surface area contributed by atoms with Gasteiger partial charge in [-0.25, -0.2) is 4.79 Å². The van der Waals surface area contributed by atoms with Crippen molar-refractivity contribution in [2.45, 2.75) is 264 Å². The number of rotatable bonds is 39. The van der Waals surface area contributed by atoms with Crippen LogP contribution in [0, 0.1) is 0 Å². The van der Waals surface area contributed by atoms with E-state index in [-0.39, 0.29) is 78.8 Å². The maximum atomic E-state index is 13.9. The van der Waals surface area contributed by atoms with Gasteiger partial charge in [-0.15, -0.1) is 10.2 Å². The molecule has 2 aromatic heterocycles. The highest BCUT2D eigenvalue weighted by molar-refractivity contribution is 8.00. The zero-order valence-corrected chi connectivity index (χ0v) is 61.6. The van der Waals surface area contributed by atoms with Crippen LogP contribution in [0.25, 0.3) is 0 Å². The summed E-state index contributed by atoms with van der Waals surface area (Å²) in [7, 11) is 0. The number of urea groups is 1. The van der Waals surface area contributed by atoms with Gasteiger partial charge in [0.25, 0.3) is 11.8 Å². The van der Waals surface area contributed by atoms with E-state index in [0.717, 1.165) is 32.4 Å². The third kappa shape index (κ3) is 23.6. The second-order valence-corrected chi connectivity index (χ2v) is 29.0. The Morgan fingerprint density at radius 1 is 0.523 bits per heavy atom. The summed E-state index contributed by atoms with van der Waals surface area (Å²) in [5.74, 6) is -3.05. The fourth-order valence-electron chi connectivity index (χ4n) is 13.8. The lowest BCUT2D eigenvalue weighted by atomic mass is 9.94. The van der Waals surface area contributed by atoms with Crippen LogP contribution in [0.4, 0.5) is 10.5 Å². The first kappa shape index (κ1) is 85.7. The molecule has 0 saturated carbocycles. The van der Waals surface area contributed by atoms with Crippen molar-refractivity contribution in [3.05, 3.63) is 53.1 Å². The van der Waals surface area contributed by atoms with Crippen molar-refractivity contribution in [1.29, 1.82) is 0 Å². The van der Waals surface area contributed by atoms with E-state index in [0.29, 0.717) is 75.8 Å². The number of anilines is 1. The van der Waals surface area contributed by atoms with E-state index in [2.05, 4.69) is 68.5 Å². The molecule has 0 radical (unpaired) electrons. The Morgan fingerprint density at radius 2 is 0.945 bits per heavy atom. The van der Waals surface area contributed by atoms with E-state index in [9.17, 15) is 89.4 Å². The topological polar surface area (TPSA) is 582 Å². The molecule has 9 amide bonds. The van der Waals surface area contributed by atoms with Gasteiger partial charge in [-0.05, 0) is 63.1 Å². The molecule has 6 aliphatic heterocycles. The summed E-state index contributed by atoms with van der Waals surface area (Å²) in [5, 5.41) is 147. The standard InChI is InChI=1S/C67H103N15O26S/c1-32(87)70-49-55(94)53(92)42(27-83)103-65(49)107-59-44(29-85)105-63(51(57(59)96)72-34(3)89)101-18-12-6-5-10-16-81-25-39(77-79-81)23-68-61(98)36-20-37(22-38(21-36)74-47(91)15-9-8-14-46-48-41(31-109-46)75-67(100)76-48)62(99)69-24-40-26-82(80-78-40)17-11-7-13-19-102-64-52(73-35(4)90)58(97)60(45(30-86)106-64)108-66-50(71-33(2)88)56(95)54(93)43(28-84)104-66/h20-22,25-26,41-46,48-60,63-66,83-86,92-97H,5-19,23-24,27-31H2,1-4H3,(H,68,98)(H,69,99)(H,70,87)(H,71,88)(H,72,89)(H,73,90)(H,74,91)(H2,75,76,100)/t41-,42?,43?,44?,45?,46-,48-,49?,50?,51?,52?,53+,54+,55-,56-,57-,58-,59+,60+,63-,64-,65+,66-/m1/s1. The van der Waals surface area contributed by atoms with E-state index in [4.69, 9.17) is 37.9 Å². The molecule has 8 heterocycles. The van der Waals surface area contributed by atoms with E-state index in [1.807, 2.05) is 0 Å². The molecular weight excluding hydrogens is 1460 g/mol. The highest BCUT2D eigenvalue weighted by Gasteiger charge is 2.54. The summed E-state index contributed by atoms with van der Waals surface area (Å²) < 4.78 is 50.5. The highest BCUT2D eigenvalue weighted by Crippen LogP contribution is 2.35. The minimum absolute atomic E-state index is 0.0276. The molecule has 0 bridgehead atoms. The number of carbonyl (C=O) groups is 8. The first-order chi connectivity index (χ1) is 52.2. The minimum Gasteiger partial charge on any atom is -0.394 e. The van der Waals surface area contributed by atoms with Crippen molar-refractivity contribution in [2.24, 2.45) is 0 Å². The number of aliphatic hydroxyl groups excluding tert-OH is 10. The molecule has 9 rings (SSSR count). The maximum Gasteiger partial charge on any atom is 0.315 e. The Hall–Kier alpha value is -7.31. The van der Waals surface area contributed by atoms with Gasteiger partial charge in [0.15, 0.2) is 25.2 Å². The van der Waals surface area contributed by atoms with Gasteiger partial charge >= 0.3 is 6.03 Å². The van der Waals surface area contributed by atoms with Gasteiger partial charge in [0.05, 0.1) is 64.0 Å². The number of nitrogens with one attached hydrogen (secondary N) is 9. The fourth-order valence-corrected chi connectivity index (χ4v) is 15.3. The van der Waals surface area contributed by atoms with Crippen molar-refractivity contribution in [1.82, 2.24) is 72.5 Å². The number of amides is 9. The number of aromatic nitrogens is 6. The molecule has 41 nitrogen and oxygen atoms in total. The van der Waals surface area contributed by atoms with Crippen LogP contribution in [-0.4, -0.2) is 314 Å². The average Bonchev–Trinajstić information content (AvgIpc) is 1.64. The summed E-state index contributed by atoms with van der Waals surface area (Å²) in [6, 6.07) is -0.989. The lowest BCUT2D eigenvalue weighted by Gasteiger charge is -2.48. The van der Waals surface area contributed by atoms with Gasteiger partial charge < -0.3 is 137 Å². The van der Waals surface area contributed by atoms with Crippen molar-refractivity contribution in [2.75, 3.05) is 50.7 Å². The van der Waals surface area contributed by atoms with Crippen LogP contribution in [0.5, 0.6) is 0 Å². The SMILES string of the molecule is CC(=O)NC1[C@@H](O[C@H]2C(CO)O[C@@H](OCCCCCn3cc(CNC(=O)c4cc(NC(=O)CCCC[C@H]5SC[C@H]6NC(=O)N[C@H]65)cc(C(=O)NCc5cn(CCCCCCO[C@@H]6OC(CO)[C@H](O[C@@H]7OC(CO)[C@H](O)[C@H](O)C7NC(C)=O)[C@H](O)C6NC(C)=O)nn5)c4)nn3)C(NC(C)=O)[C@H]2O)OC(CO)[C@H](O)[C@@H]1O. The highest BCUT2D eigenvalue weighted by atomic mass is 32.2. The molecule has 23 atom stereocenters. The summed E-state index contributed by atoms with van der Waals surface area (Å²) >= 11 is 1.78. The second-order valence-electron chi connectivity index (χ2n) is 27.7. The first-order valence-electron chi connectivity index (χ1n) is 36.5. The van der Waals surface area contributed by atoms with Crippen molar-refractivity contribution in [3.8, 4) is 0 Å². The first-order valence-corrected chi connectivity index (χ1v) is 37.6. The Labute approximate surface area is 630 Å². The van der Waals surface area contributed by atoms with Crippen LogP contribution < -0.4 is 47.9 Å². The van der Waals surface area contributed by atoms with Gasteiger partial charge in [-0.1, -0.05) is 29.7 Å². The molecule has 6 fully saturated rings. The van der Waals surface area contributed by atoms with Crippen LogP contribution in [0.2, 0.25) is 0 Å². The zero-order chi connectivity index (χ0) is 78.6. The number of carbonyl (C=O) groups excluding carboxylic acids is 8. The molecule has 0 aliphatic carbocycles. The number of hydrogen-bond donors (Lipinski definition) is 19. The molecule has 109 heavy (non-hydrogen) atoms. The normalized spacial score (nSPS) is 31.5. The van der Waals surface area contributed by atoms with Crippen LogP contribution in [0.15, 0.2) is 30.6 Å². The van der Waals surface area contributed by atoms with E-state index < -0.39 is 184 Å². The molecule has 19 N–H and O–H groups in total. The zero-order valence-electron chi connectivity index (χ0n) is 60.8. The van der Waals surface area contributed by atoms with Gasteiger partial charge in [-0.2, -0.15) is 11.8 Å². The molecule has 6 saturated heterocycles. The third-order valence-electron chi connectivity index (χ3n) is 19.3. The minimum atomic E-state index is -1.67. The monoisotopic (exact) mass is 1570 g/mol. The number of unbranched alkanes of at least 4 members (excludes halogenated alkanes) is 6. The van der Waals surface area contributed by atoms with Crippen LogP contribution in [0.1, 0.15) is 130 Å². The molecule has 42 heteroatoms. The summed E-state index contributed by atoms with van der Waals surface area (Å²) in [6.07, 6.45) is -13.8. The fraction of sp³-hybridized carbons (Fsp3) is 0.731. The summed E-state index contributed by atoms with van der Waals surface area (Å²) in [6.45, 7) is 2.79. The molecule has 0 spiro atoms. The number of nitrogens with zero attached hydrogens (tertiary/aromatic N) is 6. The number of fused-ring (bicyclic) bond motifs is 1. The van der Waals surface area contributed by atoms with Crippen molar-refractivity contribution < 1.29 is 127 Å². The summed E-state index contributed by atoms with van der Waals surface area (Å²) in [4.78, 5) is 102. The van der Waals surface area contributed by atoms with E-state index in [1.54, 1.807) is 33.5 Å². The van der Waals surface area contributed by atoms with Gasteiger partial charge in [0, 0.05) is 88.2 Å². The predicted molar refractivity (Wildman–Crippen MR) is 375 cm³/mol. The predicted octanol–water partition coefficient (Wildman–Crippen LogP) is -6.02. The van der Waals surface area contributed by atoms with Crippen molar-refractivity contribution >= 4 is 64.8 Å². The van der Waals surface area contributed by atoms with Gasteiger partial charge in [0.2, 0.25) is 29.5 Å². The number of hydrogen-bond acceptors (Lipinski definition) is 31. The van der Waals surface area contributed by atoms with Crippen LogP contribution >= 0.6 is 11.8 Å². The second kappa shape index (κ2) is 41.3. The van der Waals surface area contributed by atoms with Gasteiger partial charge in [-0.3, -0.25) is 42.9 Å². The third-order valence-corrected chi connectivity index (χ3v) is 20.8.